The van der Waals surface area contributed by atoms with Crippen molar-refractivity contribution in [2.24, 2.45) is 0 Å². The van der Waals surface area contributed by atoms with Gasteiger partial charge in [-0.1, -0.05) is 41.4 Å². The average Bonchev–Trinajstić information content (AvgIpc) is 2.62. The first-order valence-electron chi connectivity index (χ1n) is 6.99. The zero-order valence-corrected chi connectivity index (χ0v) is 13.3. The largest absolute Gasteiger partial charge is 0.365 e. The van der Waals surface area contributed by atoms with Gasteiger partial charge in [0.15, 0.2) is 0 Å². The van der Waals surface area contributed by atoms with Crippen molar-refractivity contribution >= 4 is 28.9 Å². The molecule has 21 heavy (non-hydrogen) atoms. The number of rotatable bonds is 2. The molecule has 1 N–H and O–H groups in total. The monoisotopic (exact) mass is 321 g/mol. The summed E-state index contributed by atoms with van der Waals surface area (Å²) >= 11 is 12.2. The average molecular weight is 322 g/mol. The van der Waals surface area contributed by atoms with Crippen LogP contribution in [-0.4, -0.2) is 17.6 Å². The third kappa shape index (κ3) is 3.31. The summed E-state index contributed by atoms with van der Waals surface area (Å²) in [5, 5.41) is 4.62. The van der Waals surface area contributed by atoms with Gasteiger partial charge in [0.1, 0.15) is 5.15 Å². The Labute approximate surface area is 134 Å². The molecule has 1 aromatic heterocycles. The first kappa shape index (κ1) is 14.6. The molecule has 5 heteroatoms. The molecule has 0 spiro atoms. The fourth-order valence-electron chi connectivity index (χ4n) is 2.65. The minimum atomic E-state index is 0.413. The molecule has 3 rings (SSSR count). The Hall–Kier alpha value is -1.29. The Bertz CT molecular complexity index is 645. The highest BCUT2D eigenvalue weighted by molar-refractivity contribution is 6.34. The highest BCUT2D eigenvalue weighted by atomic mass is 35.5. The lowest BCUT2D eigenvalue weighted by Crippen LogP contribution is -2.35. The van der Waals surface area contributed by atoms with Gasteiger partial charge in [-0.05, 0) is 24.6 Å². The topological polar surface area (TPSA) is 28.2 Å². The van der Waals surface area contributed by atoms with Crippen LogP contribution in [0, 0.1) is 0 Å². The summed E-state index contributed by atoms with van der Waals surface area (Å²) in [5.74, 6) is 0. The first-order valence-corrected chi connectivity index (χ1v) is 7.75. The fraction of sp³-hybridized carbons (Fsp3) is 0.312. The molecule has 1 unspecified atom stereocenters. The van der Waals surface area contributed by atoms with E-state index in [0.717, 1.165) is 25.2 Å². The predicted octanol–water partition coefficient (Wildman–Crippen LogP) is 3.89. The maximum absolute atomic E-state index is 6.29. The van der Waals surface area contributed by atoms with Crippen LogP contribution in [-0.2, 0) is 13.1 Å². The van der Waals surface area contributed by atoms with Crippen LogP contribution in [0.25, 0.3) is 0 Å². The Morgan fingerprint density at radius 3 is 2.95 bits per heavy atom. The molecule has 2 heterocycles. The zero-order chi connectivity index (χ0) is 14.8. The molecule has 1 aliphatic heterocycles. The number of hydrogen-bond donors (Lipinski definition) is 1. The van der Waals surface area contributed by atoms with Crippen LogP contribution in [0.5, 0.6) is 0 Å². The lowest BCUT2D eigenvalue weighted by atomic mass is 10.1. The molecule has 0 bridgehead atoms. The molecule has 0 radical (unpaired) electrons. The molecule has 1 aliphatic rings. The van der Waals surface area contributed by atoms with E-state index in [1.165, 1.54) is 11.3 Å². The minimum Gasteiger partial charge on any atom is -0.365 e. The molecule has 0 amide bonds. The van der Waals surface area contributed by atoms with Crippen molar-refractivity contribution in [3.8, 4) is 0 Å². The van der Waals surface area contributed by atoms with Crippen LogP contribution in [0.3, 0.4) is 0 Å². The van der Waals surface area contributed by atoms with Crippen LogP contribution in [0.2, 0.25) is 10.2 Å². The highest BCUT2D eigenvalue weighted by Crippen LogP contribution is 2.27. The summed E-state index contributed by atoms with van der Waals surface area (Å²) in [6, 6.07) is 10.6. The maximum Gasteiger partial charge on any atom is 0.130 e. The molecule has 2 aromatic rings. The molecular weight excluding hydrogens is 305 g/mol. The SMILES string of the molecule is CC1CN(Cc2cnc(Cl)cc2Cl)c2ccccc2CN1. The third-order valence-electron chi connectivity index (χ3n) is 3.73. The number of fused-ring (bicyclic) bond motifs is 1. The molecule has 1 aromatic carbocycles. The van der Waals surface area contributed by atoms with E-state index in [1.807, 2.05) is 0 Å². The van der Waals surface area contributed by atoms with Gasteiger partial charge < -0.3 is 10.2 Å². The molecule has 3 nitrogen and oxygen atoms in total. The second kappa shape index (κ2) is 6.22. The van der Waals surface area contributed by atoms with Crippen LogP contribution in [0.15, 0.2) is 36.5 Å². The quantitative estimate of drug-likeness (QED) is 0.850. The minimum absolute atomic E-state index is 0.413. The van der Waals surface area contributed by atoms with E-state index in [2.05, 4.69) is 46.4 Å². The summed E-state index contributed by atoms with van der Waals surface area (Å²) in [7, 11) is 0. The van der Waals surface area contributed by atoms with Gasteiger partial charge in [0.05, 0.1) is 5.02 Å². The van der Waals surface area contributed by atoms with E-state index in [0.29, 0.717) is 16.2 Å². The molecule has 110 valence electrons. The van der Waals surface area contributed by atoms with Crippen molar-refractivity contribution in [2.75, 3.05) is 11.4 Å². The Morgan fingerprint density at radius 1 is 1.33 bits per heavy atom. The number of pyridine rings is 1. The summed E-state index contributed by atoms with van der Waals surface area (Å²) in [6.45, 7) is 4.74. The third-order valence-corrected chi connectivity index (χ3v) is 4.28. The van der Waals surface area contributed by atoms with Crippen molar-refractivity contribution in [1.82, 2.24) is 10.3 Å². The second-order valence-corrected chi connectivity index (χ2v) is 6.18. The Morgan fingerprint density at radius 2 is 2.14 bits per heavy atom. The summed E-state index contributed by atoms with van der Waals surface area (Å²) < 4.78 is 0. The first-order chi connectivity index (χ1) is 10.1. The van der Waals surface area contributed by atoms with E-state index < -0.39 is 0 Å². The molecule has 0 fully saturated rings. The van der Waals surface area contributed by atoms with Gasteiger partial charge in [-0.3, -0.25) is 0 Å². The normalized spacial score (nSPS) is 18.2. The number of nitrogens with zero attached hydrogens (tertiary/aromatic N) is 2. The highest BCUT2D eigenvalue weighted by Gasteiger charge is 2.19. The maximum atomic E-state index is 6.29. The van der Waals surface area contributed by atoms with Crippen molar-refractivity contribution in [3.63, 3.8) is 0 Å². The lowest BCUT2D eigenvalue weighted by Gasteiger charge is -2.26. The standard InChI is InChI=1S/C16H17Cl2N3/c1-11-9-21(10-13-8-20-16(18)6-14(13)17)15-5-3-2-4-12(15)7-19-11/h2-6,8,11,19H,7,9-10H2,1H3. The number of hydrogen-bond acceptors (Lipinski definition) is 3. The van der Waals surface area contributed by atoms with Crippen LogP contribution in [0.1, 0.15) is 18.1 Å². The van der Waals surface area contributed by atoms with E-state index in [-0.39, 0.29) is 0 Å². The zero-order valence-electron chi connectivity index (χ0n) is 11.8. The molecule has 0 saturated heterocycles. The van der Waals surface area contributed by atoms with Crippen molar-refractivity contribution in [3.05, 3.63) is 57.8 Å². The number of nitrogens with one attached hydrogen (secondary N) is 1. The van der Waals surface area contributed by atoms with Crippen LogP contribution < -0.4 is 10.2 Å². The Balaban J connectivity index is 1.92. The molecule has 1 atom stereocenters. The van der Waals surface area contributed by atoms with Gasteiger partial charge >= 0.3 is 0 Å². The van der Waals surface area contributed by atoms with E-state index in [9.17, 15) is 0 Å². The van der Waals surface area contributed by atoms with Gasteiger partial charge in [-0.15, -0.1) is 0 Å². The molecular formula is C16H17Cl2N3. The number of para-hydroxylation sites is 1. The molecule has 0 aliphatic carbocycles. The summed E-state index contributed by atoms with van der Waals surface area (Å²) in [4.78, 5) is 6.49. The van der Waals surface area contributed by atoms with Gasteiger partial charge in [0.25, 0.3) is 0 Å². The summed E-state index contributed by atoms with van der Waals surface area (Å²) in [5.41, 5.74) is 3.55. The Kier molecular flexibility index (Phi) is 4.34. The van der Waals surface area contributed by atoms with Gasteiger partial charge in [-0.25, -0.2) is 4.98 Å². The van der Waals surface area contributed by atoms with Gasteiger partial charge in [-0.2, -0.15) is 0 Å². The van der Waals surface area contributed by atoms with Crippen molar-refractivity contribution in [1.29, 1.82) is 0 Å². The van der Waals surface area contributed by atoms with Crippen molar-refractivity contribution in [2.45, 2.75) is 26.1 Å². The fourth-order valence-corrected chi connectivity index (χ4v) is 3.08. The van der Waals surface area contributed by atoms with Crippen molar-refractivity contribution < 1.29 is 0 Å². The number of benzene rings is 1. The number of aromatic nitrogens is 1. The summed E-state index contributed by atoms with van der Waals surface area (Å²) in [6.07, 6.45) is 1.76. The smallest absolute Gasteiger partial charge is 0.130 e. The number of halogens is 2. The van der Waals surface area contributed by atoms with E-state index in [4.69, 9.17) is 23.2 Å². The number of anilines is 1. The predicted molar refractivity (Wildman–Crippen MR) is 88.1 cm³/mol. The van der Waals surface area contributed by atoms with Crippen LogP contribution in [0.4, 0.5) is 5.69 Å². The van der Waals surface area contributed by atoms with Crippen LogP contribution >= 0.6 is 23.2 Å². The second-order valence-electron chi connectivity index (χ2n) is 5.39. The lowest BCUT2D eigenvalue weighted by molar-refractivity contribution is 0.552. The van der Waals surface area contributed by atoms with E-state index >= 15 is 0 Å². The van der Waals surface area contributed by atoms with Gasteiger partial charge in [0.2, 0.25) is 0 Å². The van der Waals surface area contributed by atoms with Gasteiger partial charge in [0, 0.05) is 43.1 Å². The molecule has 0 saturated carbocycles. The van der Waals surface area contributed by atoms with E-state index in [1.54, 1.807) is 12.3 Å².